The number of hydrogen-bond donors (Lipinski definition) is 0. The zero-order valence-corrected chi connectivity index (χ0v) is 12.7. The van der Waals surface area contributed by atoms with Crippen LogP contribution >= 0.6 is 0 Å². The first-order chi connectivity index (χ1) is 9.47. The van der Waals surface area contributed by atoms with Crippen LogP contribution in [0.2, 0.25) is 0 Å². The molecule has 3 nitrogen and oxygen atoms in total. The quantitative estimate of drug-likeness (QED) is 0.772. The Kier molecular flexibility index (Phi) is 4.48. The first-order valence-corrected chi connectivity index (χ1v) is 7.21. The van der Waals surface area contributed by atoms with Crippen molar-refractivity contribution in [1.29, 1.82) is 0 Å². The van der Waals surface area contributed by atoms with E-state index in [0.717, 1.165) is 5.52 Å². The molecule has 20 heavy (non-hydrogen) atoms. The minimum Gasteiger partial charge on any atom is -0.464 e. The van der Waals surface area contributed by atoms with Gasteiger partial charge in [-0.15, -0.1) is 0 Å². The molecule has 0 aliphatic heterocycles. The summed E-state index contributed by atoms with van der Waals surface area (Å²) in [5.41, 5.74) is 2.40. The van der Waals surface area contributed by atoms with Crippen molar-refractivity contribution in [3.63, 3.8) is 0 Å². The molecule has 0 saturated carbocycles. The largest absolute Gasteiger partial charge is 0.464 e. The van der Waals surface area contributed by atoms with Gasteiger partial charge in [-0.1, -0.05) is 33.8 Å². The highest BCUT2D eigenvalue weighted by molar-refractivity contribution is 5.82. The standard InChI is InChI=1S/C17H23NO2/c1-12(2)11-20-17(19)10-18-8-7-15-9-14(13(3)4)5-6-16(15)18/h5-9,12-13H,10-11H2,1-4H3. The van der Waals surface area contributed by atoms with E-state index in [4.69, 9.17) is 4.74 Å². The lowest BCUT2D eigenvalue weighted by atomic mass is 10.0. The van der Waals surface area contributed by atoms with E-state index < -0.39 is 0 Å². The summed E-state index contributed by atoms with van der Waals surface area (Å²) in [6.45, 7) is 9.19. The highest BCUT2D eigenvalue weighted by atomic mass is 16.5. The molecule has 0 bridgehead atoms. The minimum absolute atomic E-state index is 0.177. The number of nitrogens with zero attached hydrogens (tertiary/aromatic N) is 1. The average molecular weight is 273 g/mol. The predicted octanol–water partition coefficient (Wildman–Crippen LogP) is 3.96. The van der Waals surface area contributed by atoms with Gasteiger partial charge in [0.1, 0.15) is 6.54 Å². The summed E-state index contributed by atoms with van der Waals surface area (Å²) in [6.07, 6.45) is 1.95. The van der Waals surface area contributed by atoms with Crippen molar-refractivity contribution in [3.05, 3.63) is 36.0 Å². The van der Waals surface area contributed by atoms with Crippen LogP contribution in [0.3, 0.4) is 0 Å². The maximum atomic E-state index is 11.8. The Hall–Kier alpha value is -1.77. The number of ether oxygens (including phenoxy) is 1. The minimum atomic E-state index is -0.177. The van der Waals surface area contributed by atoms with Crippen molar-refractivity contribution in [2.45, 2.75) is 40.2 Å². The molecule has 1 heterocycles. The zero-order chi connectivity index (χ0) is 14.7. The number of carbonyl (C=O) groups is 1. The molecule has 0 atom stereocenters. The van der Waals surface area contributed by atoms with Gasteiger partial charge in [-0.2, -0.15) is 0 Å². The molecule has 108 valence electrons. The van der Waals surface area contributed by atoms with Crippen LogP contribution in [0.4, 0.5) is 0 Å². The smallest absolute Gasteiger partial charge is 0.325 e. The molecule has 0 N–H and O–H groups in total. The lowest BCUT2D eigenvalue weighted by molar-refractivity contribution is -0.145. The molecule has 0 unspecified atom stereocenters. The number of aromatic nitrogens is 1. The van der Waals surface area contributed by atoms with Gasteiger partial charge in [0.2, 0.25) is 0 Å². The third-order valence-corrected chi connectivity index (χ3v) is 3.34. The van der Waals surface area contributed by atoms with Gasteiger partial charge < -0.3 is 9.30 Å². The Bertz CT molecular complexity index is 596. The summed E-state index contributed by atoms with van der Waals surface area (Å²) in [4.78, 5) is 11.8. The summed E-state index contributed by atoms with van der Waals surface area (Å²) in [7, 11) is 0. The summed E-state index contributed by atoms with van der Waals surface area (Å²) in [5.74, 6) is 0.705. The molecule has 0 aliphatic carbocycles. The van der Waals surface area contributed by atoms with Crippen LogP contribution in [-0.2, 0) is 16.1 Å². The zero-order valence-electron chi connectivity index (χ0n) is 12.7. The van der Waals surface area contributed by atoms with Crippen molar-refractivity contribution < 1.29 is 9.53 Å². The lowest BCUT2D eigenvalue weighted by Crippen LogP contribution is -2.15. The third kappa shape index (κ3) is 3.41. The molecule has 2 rings (SSSR count). The van der Waals surface area contributed by atoms with Crippen LogP contribution in [0, 0.1) is 5.92 Å². The van der Waals surface area contributed by atoms with Crippen LogP contribution < -0.4 is 0 Å². The molecular formula is C17H23NO2. The molecule has 0 aliphatic rings. The highest BCUT2D eigenvalue weighted by Crippen LogP contribution is 2.22. The number of esters is 1. The first kappa shape index (κ1) is 14.6. The first-order valence-electron chi connectivity index (χ1n) is 7.21. The van der Waals surface area contributed by atoms with Crippen molar-refractivity contribution >= 4 is 16.9 Å². The second kappa shape index (κ2) is 6.12. The molecule has 3 heteroatoms. The summed E-state index contributed by atoms with van der Waals surface area (Å²) >= 11 is 0. The van der Waals surface area contributed by atoms with Crippen molar-refractivity contribution in [2.24, 2.45) is 5.92 Å². The van der Waals surface area contributed by atoms with Crippen molar-refractivity contribution in [3.8, 4) is 0 Å². The van der Waals surface area contributed by atoms with E-state index in [1.54, 1.807) is 0 Å². The fraction of sp³-hybridized carbons (Fsp3) is 0.471. The van der Waals surface area contributed by atoms with Gasteiger partial charge >= 0.3 is 5.97 Å². The topological polar surface area (TPSA) is 31.2 Å². The van der Waals surface area contributed by atoms with Crippen LogP contribution in [-0.4, -0.2) is 17.1 Å². The Balaban J connectivity index is 2.13. The molecule has 1 aromatic heterocycles. The average Bonchev–Trinajstić information content (AvgIpc) is 2.79. The second-order valence-electron chi connectivity index (χ2n) is 5.99. The van der Waals surface area contributed by atoms with Crippen LogP contribution in [0.25, 0.3) is 10.9 Å². The molecule has 1 aromatic carbocycles. The predicted molar refractivity (Wildman–Crippen MR) is 81.8 cm³/mol. The summed E-state index contributed by atoms with van der Waals surface area (Å²) < 4.78 is 7.17. The van der Waals surface area contributed by atoms with Gasteiger partial charge in [-0.3, -0.25) is 4.79 Å². The number of fused-ring (bicyclic) bond motifs is 1. The van der Waals surface area contributed by atoms with E-state index in [0.29, 0.717) is 18.4 Å². The highest BCUT2D eigenvalue weighted by Gasteiger charge is 2.09. The number of benzene rings is 1. The molecule has 0 amide bonds. The Morgan fingerprint density at radius 3 is 2.60 bits per heavy atom. The maximum absolute atomic E-state index is 11.8. The Morgan fingerprint density at radius 1 is 1.20 bits per heavy atom. The normalized spacial score (nSPS) is 11.5. The monoisotopic (exact) mass is 273 g/mol. The van der Waals surface area contributed by atoms with Crippen molar-refractivity contribution in [1.82, 2.24) is 4.57 Å². The van der Waals surface area contributed by atoms with E-state index >= 15 is 0 Å². The molecular weight excluding hydrogens is 250 g/mol. The second-order valence-corrected chi connectivity index (χ2v) is 5.99. The maximum Gasteiger partial charge on any atom is 0.325 e. The molecule has 0 saturated heterocycles. The van der Waals surface area contributed by atoms with Gasteiger partial charge in [0, 0.05) is 11.7 Å². The van der Waals surface area contributed by atoms with E-state index in [1.165, 1.54) is 10.9 Å². The fourth-order valence-corrected chi connectivity index (χ4v) is 2.16. The number of rotatable bonds is 5. The van der Waals surface area contributed by atoms with Crippen LogP contribution in [0.1, 0.15) is 39.2 Å². The van der Waals surface area contributed by atoms with Gasteiger partial charge in [-0.05, 0) is 41.0 Å². The number of carbonyl (C=O) groups excluding carboxylic acids is 1. The fourth-order valence-electron chi connectivity index (χ4n) is 2.16. The number of hydrogen-bond acceptors (Lipinski definition) is 2. The van der Waals surface area contributed by atoms with E-state index in [1.807, 2.05) is 24.6 Å². The van der Waals surface area contributed by atoms with Gasteiger partial charge in [-0.25, -0.2) is 0 Å². The van der Waals surface area contributed by atoms with Gasteiger partial charge in [0.05, 0.1) is 6.61 Å². The van der Waals surface area contributed by atoms with Gasteiger partial charge in [0.15, 0.2) is 0 Å². The van der Waals surface area contributed by atoms with Crippen LogP contribution in [0.15, 0.2) is 30.5 Å². The molecule has 0 fully saturated rings. The van der Waals surface area contributed by atoms with E-state index in [9.17, 15) is 4.79 Å². The molecule has 0 radical (unpaired) electrons. The Morgan fingerprint density at radius 2 is 1.95 bits per heavy atom. The van der Waals surface area contributed by atoms with Crippen LogP contribution in [0.5, 0.6) is 0 Å². The molecule has 0 spiro atoms. The molecule has 2 aromatic rings. The van der Waals surface area contributed by atoms with Crippen molar-refractivity contribution in [2.75, 3.05) is 6.61 Å². The summed E-state index contributed by atoms with van der Waals surface area (Å²) in [6, 6.07) is 8.45. The lowest BCUT2D eigenvalue weighted by Gasteiger charge is -2.09. The van der Waals surface area contributed by atoms with E-state index in [-0.39, 0.29) is 12.5 Å². The van der Waals surface area contributed by atoms with E-state index in [2.05, 4.69) is 38.1 Å². The summed E-state index contributed by atoms with van der Waals surface area (Å²) in [5, 5.41) is 1.17. The Labute approximate surface area is 120 Å². The SMILES string of the molecule is CC(C)COC(=O)Cn1ccc2cc(C(C)C)ccc21. The van der Waals surface area contributed by atoms with Gasteiger partial charge in [0.25, 0.3) is 0 Å². The third-order valence-electron chi connectivity index (χ3n) is 3.34.